The highest BCUT2D eigenvalue weighted by Crippen LogP contribution is 2.39. The molecule has 1 saturated carbocycles. The van der Waals surface area contributed by atoms with E-state index in [2.05, 4.69) is 31.0 Å². The molecular weight excluding hydrogens is 266 g/mol. The number of anilines is 2. The fourth-order valence-electron chi connectivity index (χ4n) is 2.52. The second-order valence-electron chi connectivity index (χ2n) is 6.05. The molecule has 1 aromatic rings. The molecule has 0 radical (unpaired) electrons. The van der Waals surface area contributed by atoms with E-state index < -0.39 is 0 Å². The van der Waals surface area contributed by atoms with Crippen LogP contribution < -0.4 is 10.2 Å². The third-order valence-electron chi connectivity index (χ3n) is 3.85. The molecule has 0 aromatic heterocycles. The Bertz CT molecular complexity index is 498. The average Bonchev–Trinajstić information content (AvgIpc) is 3.25. The zero-order chi connectivity index (χ0) is 15.4. The van der Waals surface area contributed by atoms with E-state index in [4.69, 9.17) is 0 Å². The first-order valence-corrected chi connectivity index (χ1v) is 7.82. The molecule has 0 spiro atoms. The van der Waals surface area contributed by atoms with E-state index in [0.29, 0.717) is 11.6 Å². The lowest BCUT2D eigenvalue weighted by Gasteiger charge is -2.29. The summed E-state index contributed by atoms with van der Waals surface area (Å²) in [5.41, 5.74) is 1.57. The average molecular weight is 291 g/mol. The van der Waals surface area contributed by atoms with Gasteiger partial charge in [-0.25, -0.2) is 0 Å². The van der Waals surface area contributed by atoms with Gasteiger partial charge in [0.15, 0.2) is 0 Å². The Morgan fingerprint density at radius 3 is 2.67 bits per heavy atom. The molecule has 1 aliphatic rings. The fraction of sp³-hybridized carbons (Fsp3) is 0.625. The Morgan fingerprint density at radius 2 is 2.14 bits per heavy atom. The summed E-state index contributed by atoms with van der Waals surface area (Å²) in [5.74, 6) is 0.694. The minimum absolute atomic E-state index is 0.209. The number of rotatable bonds is 8. The van der Waals surface area contributed by atoms with Gasteiger partial charge in [-0.1, -0.05) is 13.0 Å². The topological polar surface area (TPSA) is 58.4 Å². The molecule has 0 saturated heterocycles. The fourth-order valence-corrected chi connectivity index (χ4v) is 2.52. The molecule has 0 atom stereocenters. The summed E-state index contributed by atoms with van der Waals surface area (Å²) in [6.45, 7) is 7.90. The number of hydrogen-bond acceptors (Lipinski definition) is 4. The van der Waals surface area contributed by atoms with Crippen LogP contribution in [0.3, 0.4) is 0 Å². The molecule has 0 bridgehead atoms. The van der Waals surface area contributed by atoms with Crippen molar-refractivity contribution < 1.29 is 4.92 Å². The van der Waals surface area contributed by atoms with Crippen molar-refractivity contribution in [2.45, 2.75) is 46.1 Å². The summed E-state index contributed by atoms with van der Waals surface area (Å²) in [4.78, 5) is 13.5. The second-order valence-corrected chi connectivity index (χ2v) is 6.05. The zero-order valence-corrected chi connectivity index (χ0v) is 13.1. The van der Waals surface area contributed by atoms with Crippen LogP contribution in [0, 0.1) is 16.0 Å². The summed E-state index contributed by atoms with van der Waals surface area (Å²) in [5, 5.41) is 14.8. The number of hydrogen-bond donors (Lipinski definition) is 1. The Labute approximate surface area is 126 Å². The first-order valence-electron chi connectivity index (χ1n) is 7.82. The summed E-state index contributed by atoms with van der Waals surface area (Å²) >= 11 is 0. The van der Waals surface area contributed by atoms with Gasteiger partial charge >= 0.3 is 5.69 Å². The SMILES string of the molecule is CCCNc1cccc(N(CC2CC2)C(C)C)c1[N+](=O)[O-]. The van der Waals surface area contributed by atoms with Crippen molar-refractivity contribution in [1.82, 2.24) is 0 Å². The van der Waals surface area contributed by atoms with Gasteiger partial charge in [-0.2, -0.15) is 0 Å². The van der Waals surface area contributed by atoms with Crippen molar-refractivity contribution in [3.05, 3.63) is 28.3 Å². The van der Waals surface area contributed by atoms with Gasteiger partial charge in [-0.3, -0.25) is 10.1 Å². The maximum atomic E-state index is 11.6. The molecule has 1 fully saturated rings. The maximum Gasteiger partial charge on any atom is 0.315 e. The minimum Gasteiger partial charge on any atom is -0.379 e. The number of benzene rings is 1. The van der Waals surface area contributed by atoms with Crippen molar-refractivity contribution in [3.8, 4) is 0 Å². The highest BCUT2D eigenvalue weighted by molar-refractivity contribution is 5.77. The van der Waals surface area contributed by atoms with E-state index in [0.717, 1.165) is 25.2 Å². The first kappa shape index (κ1) is 15.6. The third-order valence-corrected chi connectivity index (χ3v) is 3.85. The van der Waals surface area contributed by atoms with E-state index in [9.17, 15) is 10.1 Å². The molecule has 5 nitrogen and oxygen atoms in total. The van der Waals surface area contributed by atoms with Gasteiger partial charge in [0.1, 0.15) is 11.4 Å². The van der Waals surface area contributed by atoms with Crippen molar-refractivity contribution in [1.29, 1.82) is 0 Å². The molecule has 5 heteroatoms. The third kappa shape index (κ3) is 3.86. The Kier molecular flexibility index (Phi) is 5.04. The molecule has 21 heavy (non-hydrogen) atoms. The van der Waals surface area contributed by atoms with Crippen molar-refractivity contribution in [2.75, 3.05) is 23.3 Å². The Morgan fingerprint density at radius 1 is 1.43 bits per heavy atom. The lowest BCUT2D eigenvalue weighted by atomic mass is 10.1. The lowest BCUT2D eigenvalue weighted by Crippen LogP contribution is -2.33. The van der Waals surface area contributed by atoms with Crippen LogP contribution in [-0.2, 0) is 0 Å². The van der Waals surface area contributed by atoms with E-state index in [1.807, 2.05) is 12.1 Å². The van der Waals surface area contributed by atoms with Crippen LogP contribution in [0.1, 0.15) is 40.0 Å². The van der Waals surface area contributed by atoms with Gasteiger partial charge in [-0.05, 0) is 51.2 Å². The zero-order valence-electron chi connectivity index (χ0n) is 13.1. The van der Waals surface area contributed by atoms with Crippen molar-refractivity contribution in [3.63, 3.8) is 0 Å². The molecule has 2 rings (SSSR count). The highest BCUT2D eigenvalue weighted by atomic mass is 16.6. The van der Waals surface area contributed by atoms with Gasteiger partial charge in [0.05, 0.1) is 4.92 Å². The first-order chi connectivity index (χ1) is 10.0. The minimum atomic E-state index is -0.254. The predicted octanol–water partition coefficient (Wildman–Crippen LogP) is 4.04. The normalized spacial score (nSPS) is 14.3. The van der Waals surface area contributed by atoms with Gasteiger partial charge in [0, 0.05) is 19.1 Å². The van der Waals surface area contributed by atoms with Gasteiger partial charge in [0.25, 0.3) is 0 Å². The Balaban J connectivity index is 2.36. The summed E-state index contributed by atoms with van der Waals surface area (Å²) < 4.78 is 0. The van der Waals surface area contributed by atoms with Crippen LogP contribution in [0.15, 0.2) is 18.2 Å². The van der Waals surface area contributed by atoms with E-state index in [1.54, 1.807) is 6.07 Å². The van der Waals surface area contributed by atoms with Gasteiger partial charge < -0.3 is 10.2 Å². The van der Waals surface area contributed by atoms with E-state index in [1.165, 1.54) is 12.8 Å². The van der Waals surface area contributed by atoms with Crippen molar-refractivity contribution >= 4 is 17.1 Å². The second kappa shape index (κ2) is 6.78. The van der Waals surface area contributed by atoms with Crippen LogP contribution in [0.4, 0.5) is 17.1 Å². The molecule has 0 amide bonds. The number of para-hydroxylation sites is 1. The molecular formula is C16H25N3O2. The van der Waals surface area contributed by atoms with E-state index >= 15 is 0 Å². The van der Waals surface area contributed by atoms with Crippen molar-refractivity contribution in [2.24, 2.45) is 5.92 Å². The monoisotopic (exact) mass is 291 g/mol. The predicted molar refractivity (Wildman–Crippen MR) is 87.1 cm³/mol. The van der Waals surface area contributed by atoms with Crippen LogP contribution in [0.2, 0.25) is 0 Å². The summed E-state index contributed by atoms with van der Waals surface area (Å²) in [6.07, 6.45) is 3.42. The van der Waals surface area contributed by atoms with Gasteiger partial charge in [-0.15, -0.1) is 0 Å². The molecule has 1 aliphatic carbocycles. The van der Waals surface area contributed by atoms with Crippen LogP contribution in [0.5, 0.6) is 0 Å². The quantitative estimate of drug-likeness (QED) is 0.580. The number of nitro groups is 1. The van der Waals surface area contributed by atoms with Crippen LogP contribution in [-0.4, -0.2) is 24.1 Å². The number of nitrogens with one attached hydrogen (secondary N) is 1. The molecule has 1 aromatic carbocycles. The maximum absolute atomic E-state index is 11.6. The summed E-state index contributed by atoms with van der Waals surface area (Å²) in [6, 6.07) is 5.83. The largest absolute Gasteiger partial charge is 0.379 e. The smallest absolute Gasteiger partial charge is 0.315 e. The molecule has 116 valence electrons. The summed E-state index contributed by atoms with van der Waals surface area (Å²) in [7, 11) is 0. The van der Waals surface area contributed by atoms with Crippen LogP contribution >= 0.6 is 0 Å². The molecule has 0 aliphatic heterocycles. The van der Waals surface area contributed by atoms with Gasteiger partial charge in [0.2, 0.25) is 0 Å². The van der Waals surface area contributed by atoms with E-state index in [-0.39, 0.29) is 16.7 Å². The lowest BCUT2D eigenvalue weighted by molar-refractivity contribution is -0.383. The Hall–Kier alpha value is -1.78. The number of nitro benzene ring substituents is 1. The molecule has 0 heterocycles. The molecule has 0 unspecified atom stereocenters. The highest BCUT2D eigenvalue weighted by Gasteiger charge is 2.30. The standard InChI is InChI=1S/C16H25N3O2/c1-4-10-17-14-6-5-7-15(16(14)19(20)21)18(12(2)3)11-13-8-9-13/h5-7,12-13,17H,4,8-11H2,1-3H3. The molecule has 1 N–H and O–H groups in total. The van der Waals surface area contributed by atoms with Crippen LogP contribution in [0.25, 0.3) is 0 Å². The number of nitrogens with zero attached hydrogens (tertiary/aromatic N) is 2.